The number of nitrogens with zero attached hydrogens (tertiary/aromatic N) is 1. The van der Waals surface area contributed by atoms with Gasteiger partial charge in [-0.15, -0.1) is 0 Å². The first kappa shape index (κ1) is 25.5. The van der Waals surface area contributed by atoms with E-state index in [1.54, 1.807) is 36.4 Å². The molecular weight excluding hydrogens is 532 g/mol. The molecule has 3 aliphatic rings. The maximum atomic E-state index is 14.8. The van der Waals surface area contributed by atoms with E-state index in [1.807, 2.05) is 79.4 Å². The Balaban J connectivity index is 1.53. The van der Waals surface area contributed by atoms with Crippen molar-refractivity contribution < 1.29 is 14.4 Å². The number of halogens is 1. The zero-order valence-corrected chi connectivity index (χ0v) is 23.4. The van der Waals surface area contributed by atoms with Crippen LogP contribution in [0.3, 0.4) is 0 Å². The number of amides is 1. The van der Waals surface area contributed by atoms with Crippen LogP contribution >= 0.6 is 11.6 Å². The zero-order valence-electron chi connectivity index (χ0n) is 22.6. The van der Waals surface area contributed by atoms with Crippen molar-refractivity contribution in [2.75, 3.05) is 10.2 Å². The summed E-state index contributed by atoms with van der Waals surface area (Å²) in [4.78, 5) is 45.8. The number of anilines is 2. The third-order valence-electron chi connectivity index (χ3n) is 8.80. The second-order valence-corrected chi connectivity index (χ2v) is 11.6. The topological polar surface area (TPSA) is 66.5 Å². The number of ketones is 2. The van der Waals surface area contributed by atoms with Crippen LogP contribution in [0.5, 0.6) is 0 Å². The summed E-state index contributed by atoms with van der Waals surface area (Å²) in [5.74, 6) is -1.74. The van der Waals surface area contributed by atoms with Gasteiger partial charge in [0.1, 0.15) is 11.5 Å². The van der Waals surface area contributed by atoms with Gasteiger partial charge < -0.3 is 10.2 Å². The summed E-state index contributed by atoms with van der Waals surface area (Å²) >= 11 is 6.18. The highest BCUT2D eigenvalue weighted by Gasteiger charge is 2.70. The minimum absolute atomic E-state index is 0.229. The number of carbonyl (C=O) groups is 3. The Morgan fingerprint density at radius 2 is 1.49 bits per heavy atom. The molecule has 7 rings (SSSR count). The predicted molar refractivity (Wildman–Crippen MR) is 162 cm³/mol. The summed E-state index contributed by atoms with van der Waals surface area (Å²) in [6.45, 7) is 3.98. The van der Waals surface area contributed by atoms with Gasteiger partial charge in [0.2, 0.25) is 5.91 Å². The average Bonchev–Trinajstić information content (AvgIpc) is 3.45. The van der Waals surface area contributed by atoms with E-state index in [-0.39, 0.29) is 17.5 Å². The minimum atomic E-state index is -1.33. The summed E-state index contributed by atoms with van der Waals surface area (Å²) < 4.78 is 0. The lowest BCUT2D eigenvalue weighted by molar-refractivity contribution is -0.121. The fraction of sp³-hybridized carbons (Fsp3) is 0.171. The van der Waals surface area contributed by atoms with Gasteiger partial charge in [-0.3, -0.25) is 14.4 Å². The predicted octanol–water partition coefficient (Wildman–Crippen LogP) is 6.81. The number of nitrogens with one attached hydrogen (secondary N) is 1. The van der Waals surface area contributed by atoms with Gasteiger partial charge in [0.15, 0.2) is 11.6 Å². The van der Waals surface area contributed by atoms with Crippen molar-refractivity contribution in [1.82, 2.24) is 0 Å². The van der Waals surface area contributed by atoms with Crippen LogP contribution in [0.1, 0.15) is 43.0 Å². The molecule has 0 aromatic heterocycles. The highest BCUT2D eigenvalue weighted by Crippen LogP contribution is 2.58. The van der Waals surface area contributed by atoms with E-state index in [1.165, 1.54) is 0 Å². The SMILES string of the molecule is Cc1ccc(C(=O)C2C(C(=O)c3ccc(Cl)cc3)N3c4ccc(C)cc4C=CC3C23C(=O)Nc2ccccc23)cc1. The van der Waals surface area contributed by atoms with Gasteiger partial charge in [0.05, 0.1) is 12.0 Å². The van der Waals surface area contributed by atoms with Gasteiger partial charge in [-0.1, -0.05) is 83.4 Å². The lowest BCUT2D eigenvalue weighted by atomic mass is 9.64. The second-order valence-electron chi connectivity index (χ2n) is 11.2. The number of para-hydroxylation sites is 1. The average molecular weight is 559 g/mol. The molecule has 5 nitrogen and oxygen atoms in total. The number of hydrogen-bond donors (Lipinski definition) is 1. The molecule has 1 saturated heterocycles. The molecule has 41 heavy (non-hydrogen) atoms. The Hall–Kier alpha value is -4.48. The molecule has 0 radical (unpaired) electrons. The molecule has 4 aromatic rings. The van der Waals surface area contributed by atoms with Crippen LogP contribution in [0, 0.1) is 19.8 Å². The highest BCUT2D eigenvalue weighted by atomic mass is 35.5. The molecule has 3 aliphatic heterocycles. The van der Waals surface area contributed by atoms with Gasteiger partial charge in [0, 0.05) is 27.5 Å². The number of benzene rings is 4. The smallest absolute Gasteiger partial charge is 0.238 e. The molecule has 6 heteroatoms. The first-order valence-electron chi connectivity index (χ1n) is 13.7. The number of Topliss-reactive ketones (excluding diaryl/α,β-unsaturated/α-hetero) is 2. The monoisotopic (exact) mass is 558 g/mol. The first-order valence-corrected chi connectivity index (χ1v) is 14.1. The van der Waals surface area contributed by atoms with Gasteiger partial charge >= 0.3 is 0 Å². The van der Waals surface area contributed by atoms with E-state index in [0.29, 0.717) is 21.8 Å². The Labute approximate surface area is 243 Å². The van der Waals surface area contributed by atoms with Gasteiger partial charge in [0.25, 0.3) is 0 Å². The molecule has 1 amide bonds. The van der Waals surface area contributed by atoms with Gasteiger partial charge in [-0.25, -0.2) is 0 Å². The summed E-state index contributed by atoms with van der Waals surface area (Å²) in [6.07, 6.45) is 4.01. The highest BCUT2D eigenvalue weighted by molar-refractivity contribution is 6.30. The number of fused-ring (bicyclic) bond motifs is 6. The van der Waals surface area contributed by atoms with Crippen molar-refractivity contribution in [2.45, 2.75) is 31.3 Å². The standard InChI is InChI=1S/C35H27ClN2O3/c1-20-7-10-22(11-8-20)32(39)30-31(33(40)23-12-15-25(36)16-13-23)38-28-17-9-21(2)19-24(28)14-18-29(38)35(30)26-5-3-4-6-27(26)37-34(35)41/h3-19,29-31H,1-2H3,(H,37,41). The summed E-state index contributed by atoms with van der Waals surface area (Å²) in [5, 5.41) is 3.58. The van der Waals surface area contributed by atoms with Crippen LogP contribution < -0.4 is 10.2 Å². The third kappa shape index (κ3) is 3.65. The number of rotatable bonds is 4. The van der Waals surface area contributed by atoms with E-state index >= 15 is 0 Å². The maximum absolute atomic E-state index is 14.8. The van der Waals surface area contributed by atoms with Crippen molar-refractivity contribution in [1.29, 1.82) is 0 Å². The molecular formula is C35H27ClN2O3. The van der Waals surface area contributed by atoms with Crippen molar-refractivity contribution in [2.24, 2.45) is 5.92 Å². The Kier molecular flexibility index (Phi) is 5.77. The third-order valence-corrected chi connectivity index (χ3v) is 9.06. The second kappa shape index (κ2) is 9.28. The van der Waals surface area contributed by atoms with Crippen molar-refractivity contribution in [3.05, 3.63) is 135 Å². The van der Waals surface area contributed by atoms with Crippen LogP contribution in [0.25, 0.3) is 6.08 Å². The van der Waals surface area contributed by atoms with E-state index in [4.69, 9.17) is 11.6 Å². The number of hydrogen-bond acceptors (Lipinski definition) is 4. The molecule has 1 fully saturated rings. The van der Waals surface area contributed by atoms with Crippen LogP contribution in [0.4, 0.5) is 11.4 Å². The Morgan fingerprint density at radius 1 is 0.829 bits per heavy atom. The summed E-state index contributed by atoms with van der Waals surface area (Å²) in [6, 6.07) is 26.2. The van der Waals surface area contributed by atoms with Gasteiger partial charge in [-0.05, 0) is 67.4 Å². The molecule has 3 heterocycles. The van der Waals surface area contributed by atoms with Crippen LogP contribution in [0.15, 0.2) is 97.1 Å². The molecule has 0 bridgehead atoms. The Bertz CT molecular complexity index is 1780. The molecule has 4 unspecified atom stereocenters. The van der Waals surface area contributed by atoms with E-state index in [2.05, 4.69) is 11.4 Å². The summed E-state index contributed by atoms with van der Waals surface area (Å²) in [7, 11) is 0. The number of aryl methyl sites for hydroxylation is 2. The molecule has 0 saturated carbocycles. The van der Waals surface area contributed by atoms with Crippen molar-refractivity contribution in [3.63, 3.8) is 0 Å². The molecule has 1 spiro atoms. The normalized spacial score (nSPS) is 23.6. The van der Waals surface area contributed by atoms with Crippen LogP contribution in [-0.4, -0.2) is 29.6 Å². The molecule has 0 aliphatic carbocycles. The summed E-state index contributed by atoms with van der Waals surface area (Å²) in [5.41, 5.74) is 4.85. The quantitative estimate of drug-likeness (QED) is 0.279. The molecule has 1 N–H and O–H groups in total. The first-order chi connectivity index (χ1) is 19.8. The lowest BCUT2D eigenvalue weighted by Crippen LogP contribution is -2.51. The van der Waals surface area contributed by atoms with Crippen molar-refractivity contribution in [3.8, 4) is 0 Å². The number of carbonyl (C=O) groups excluding carboxylic acids is 3. The molecule has 202 valence electrons. The van der Waals surface area contributed by atoms with Gasteiger partial charge in [-0.2, -0.15) is 0 Å². The maximum Gasteiger partial charge on any atom is 0.238 e. The molecule has 4 atom stereocenters. The van der Waals surface area contributed by atoms with Crippen LogP contribution in [0.2, 0.25) is 5.02 Å². The van der Waals surface area contributed by atoms with Crippen LogP contribution in [-0.2, 0) is 10.2 Å². The zero-order chi connectivity index (χ0) is 28.5. The minimum Gasteiger partial charge on any atom is -0.352 e. The lowest BCUT2D eigenvalue weighted by Gasteiger charge is -2.37. The van der Waals surface area contributed by atoms with Crippen molar-refractivity contribution >= 4 is 46.5 Å². The fourth-order valence-corrected chi connectivity index (χ4v) is 7.11. The molecule has 4 aromatic carbocycles. The van der Waals surface area contributed by atoms with E-state index in [0.717, 1.165) is 27.9 Å². The fourth-order valence-electron chi connectivity index (χ4n) is 6.98. The van der Waals surface area contributed by atoms with E-state index in [9.17, 15) is 14.4 Å². The largest absolute Gasteiger partial charge is 0.352 e. The van der Waals surface area contributed by atoms with E-state index < -0.39 is 23.4 Å². The Morgan fingerprint density at radius 3 is 2.24 bits per heavy atom.